The van der Waals surface area contributed by atoms with Gasteiger partial charge in [0.1, 0.15) is 11.6 Å². The van der Waals surface area contributed by atoms with Gasteiger partial charge in [0.05, 0.1) is 0 Å². The first-order valence-electron chi connectivity index (χ1n) is 8.68. The molecule has 124 valence electrons. The third-order valence-electron chi connectivity index (χ3n) is 5.44. The second-order valence-corrected chi connectivity index (χ2v) is 6.82. The van der Waals surface area contributed by atoms with Crippen molar-refractivity contribution in [3.8, 4) is 11.1 Å². The van der Waals surface area contributed by atoms with Crippen molar-refractivity contribution in [1.29, 1.82) is 0 Å². The molecular formula is C20H23N3O. The van der Waals surface area contributed by atoms with Crippen LogP contribution in [0.15, 0.2) is 41.5 Å². The molecule has 4 rings (SSSR count). The normalized spacial score (nSPS) is 25.2. The molecule has 4 heteroatoms. The first kappa shape index (κ1) is 15.2. The Morgan fingerprint density at radius 1 is 1.25 bits per heavy atom. The van der Waals surface area contributed by atoms with Crippen LogP contribution >= 0.6 is 0 Å². The van der Waals surface area contributed by atoms with E-state index >= 15 is 0 Å². The second kappa shape index (κ2) is 5.62. The van der Waals surface area contributed by atoms with Gasteiger partial charge >= 0.3 is 0 Å². The quantitative estimate of drug-likeness (QED) is 0.922. The van der Waals surface area contributed by atoms with E-state index < -0.39 is 0 Å². The molecule has 2 aromatic rings. The minimum Gasteiger partial charge on any atom is -0.460 e. The van der Waals surface area contributed by atoms with Crippen LogP contribution in [0.4, 0.5) is 0 Å². The maximum absolute atomic E-state index is 5.89. The summed E-state index contributed by atoms with van der Waals surface area (Å²) in [6, 6.07) is 11.1. The second-order valence-electron chi connectivity index (χ2n) is 6.82. The minimum absolute atomic E-state index is 0.0921. The molecule has 1 aromatic heterocycles. The number of nitrogens with zero attached hydrogens (tertiary/aromatic N) is 2. The Balaban J connectivity index is 1.77. The van der Waals surface area contributed by atoms with Crippen LogP contribution in [-0.2, 0) is 17.6 Å². The number of fused-ring (bicyclic) bond motifs is 1. The summed E-state index contributed by atoms with van der Waals surface area (Å²) >= 11 is 0. The van der Waals surface area contributed by atoms with E-state index in [1.165, 1.54) is 22.3 Å². The summed E-state index contributed by atoms with van der Waals surface area (Å²) in [4.78, 5) is 9.16. The fraction of sp³-hybridized carbons (Fsp3) is 0.400. The Kier molecular flexibility index (Phi) is 3.56. The number of benzene rings is 1. The zero-order valence-electron chi connectivity index (χ0n) is 14.2. The van der Waals surface area contributed by atoms with Crippen molar-refractivity contribution in [2.75, 3.05) is 0 Å². The van der Waals surface area contributed by atoms with E-state index in [2.05, 4.69) is 43.1 Å². The highest BCUT2D eigenvalue weighted by atomic mass is 16.5. The molecule has 0 amide bonds. The number of aliphatic imine (C=N–C) groups is 1. The first-order chi connectivity index (χ1) is 11.6. The summed E-state index contributed by atoms with van der Waals surface area (Å²) < 4.78 is 5.77. The predicted octanol–water partition coefficient (Wildman–Crippen LogP) is 3.41. The van der Waals surface area contributed by atoms with Crippen molar-refractivity contribution >= 4 is 6.02 Å². The molecule has 2 heterocycles. The van der Waals surface area contributed by atoms with Crippen molar-refractivity contribution in [2.45, 2.75) is 51.2 Å². The maximum Gasteiger partial charge on any atom is 0.282 e. The zero-order chi connectivity index (χ0) is 16.7. The number of hydrogen-bond donors (Lipinski definition) is 1. The molecule has 4 nitrogen and oxygen atoms in total. The van der Waals surface area contributed by atoms with Gasteiger partial charge in [-0.25, -0.2) is 4.99 Å². The largest absolute Gasteiger partial charge is 0.460 e. The molecule has 0 saturated heterocycles. The average molecular weight is 321 g/mol. The summed E-state index contributed by atoms with van der Waals surface area (Å²) in [5, 5.41) is 0. The van der Waals surface area contributed by atoms with Crippen LogP contribution in [0.3, 0.4) is 0 Å². The predicted molar refractivity (Wildman–Crippen MR) is 96.0 cm³/mol. The fourth-order valence-corrected chi connectivity index (χ4v) is 4.28. The van der Waals surface area contributed by atoms with Gasteiger partial charge in [0.15, 0.2) is 0 Å². The number of aryl methyl sites for hydroxylation is 1. The SMILES string of the molecule is CCC1OC(N)=NC12CCc1c(cccc1-c1cccnc1C)C2. The van der Waals surface area contributed by atoms with E-state index in [4.69, 9.17) is 15.5 Å². The lowest BCUT2D eigenvalue weighted by Gasteiger charge is -2.36. The number of rotatable bonds is 2. The molecule has 1 aliphatic carbocycles. The lowest BCUT2D eigenvalue weighted by molar-refractivity contribution is 0.119. The van der Waals surface area contributed by atoms with Crippen LogP contribution in [0.2, 0.25) is 0 Å². The number of hydrogen-bond acceptors (Lipinski definition) is 4. The van der Waals surface area contributed by atoms with Crippen molar-refractivity contribution in [3.63, 3.8) is 0 Å². The van der Waals surface area contributed by atoms with Crippen LogP contribution in [0.1, 0.15) is 36.6 Å². The topological polar surface area (TPSA) is 60.5 Å². The van der Waals surface area contributed by atoms with E-state index in [1.54, 1.807) is 0 Å². The molecule has 24 heavy (non-hydrogen) atoms. The number of ether oxygens (including phenoxy) is 1. The van der Waals surface area contributed by atoms with Gasteiger partial charge in [0, 0.05) is 23.9 Å². The highest BCUT2D eigenvalue weighted by Gasteiger charge is 2.46. The molecule has 1 aromatic carbocycles. The standard InChI is InChI=1S/C20H23N3O/c1-3-18-20(23-19(21)24-18)10-9-16-14(12-20)6-4-7-17(16)15-8-5-11-22-13(15)2/h4-8,11,18H,3,9-10,12H2,1-2H3,(H2,21,23). The number of aromatic nitrogens is 1. The Morgan fingerprint density at radius 3 is 2.88 bits per heavy atom. The number of nitrogens with two attached hydrogens (primary N) is 1. The van der Waals surface area contributed by atoms with Crippen molar-refractivity contribution in [2.24, 2.45) is 10.7 Å². The van der Waals surface area contributed by atoms with Gasteiger partial charge in [0.25, 0.3) is 6.02 Å². The molecule has 2 atom stereocenters. The van der Waals surface area contributed by atoms with Gasteiger partial charge in [-0.05, 0) is 48.9 Å². The molecule has 0 radical (unpaired) electrons. The average Bonchev–Trinajstić information content (AvgIpc) is 2.89. The summed E-state index contributed by atoms with van der Waals surface area (Å²) in [7, 11) is 0. The van der Waals surface area contributed by atoms with Crippen LogP contribution in [0.25, 0.3) is 11.1 Å². The lowest BCUT2D eigenvalue weighted by Crippen LogP contribution is -2.43. The van der Waals surface area contributed by atoms with Crippen molar-refractivity contribution in [3.05, 3.63) is 53.3 Å². The third-order valence-corrected chi connectivity index (χ3v) is 5.44. The lowest BCUT2D eigenvalue weighted by atomic mass is 9.73. The van der Waals surface area contributed by atoms with E-state index in [1.807, 2.05) is 12.3 Å². The molecule has 2 aliphatic rings. The molecule has 0 fully saturated rings. The summed E-state index contributed by atoms with van der Waals surface area (Å²) in [6.45, 7) is 4.22. The smallest absolute Gasteiger partial charge is 0.282 e. The highest BCUT2D eigenvalue weighted by molar-refractivity contribution is 5.75. The van der Waals surface area contributed by atoms with E-state index in [9.17, 15) is 0 Å². The summed E-state index contributed by atoms with van der Waals surface area (Å²) in [5.41, 5.74) is 12.1. The molecule has 2 N–H and O–H groups in total. The molecule has 1 aliphatic heterocycles. The summed E-state index contributed by atoms with van der Waals surface area (Å²) in [6.07, 6.45) is 5.75. The Morgan fingerprint density at radius 2 is 2.08 bits per heavy atom. The third kappa shape index (κ3) is 2.29. The van der Waals surface area contributed by atoms with Crippen LogP contribution in [0.5, 0.6) is 0 Å². The van der Waals surface area contributed by atoms with E-state index in [-0.39, 0.29) is 11.6 Å². The molecule has 2 unspecified atom stereocenters. The Bertz CT molecular complexity index is 814. The van der Waals surface area contributed by atoms with Crippen LogP contribution in [-0.4, -0.2) is 22.6 Å². The van der Waals surface area contributed by atoms with Crippen molar-refractivity contribution in [1.82, 2.24) is 4.98 Å². The molecular weight excluding hydrogens is 298 g/mol. The van der Waals surface area contributed by atoms with Gasteiger partial charge in [-0.3, -0.25) is 4.98 Å². The zero-order valence-corrected chi connectivity index (χ0v) is 14.2. The van der Waals surface area contributed by atoms with Crippen LogP contribution < -0.4 is 5.73 Å². The van der Waals surface area contributed by atoms with Gasteiger partial charge in [-0.15, -0.1) is 0 Å². The van der Waals surface area contributed by atoms with E-state index in [0.717, 1.165) is 31.4 Å². The fourth-order valence-electron chi connectivity index (χ4n) is 4.28. The van der Waals surface area contributed by atoms with Gasteiger partial charge in [-0.2, -0.15) is 0 Å². The number of amidine groups is 1. The monoisotopic (exact) mass is 321 g/mol. The number of pyridine rings is 1. The van der Waals surface area contributed by atoms with E-state index in [0.29, 0.717) is 6.02 Å². The molecule has 0 bridgehead atoms. The van der Waals surface area contributed by atoms with Gasteiger partial charge in [-0.1, -0.05) is 31.2 Å². The molecule has 0 saturated carbocycles. The van der Waals surface area contributed by atoms with Crippen LogP contribution in [0, 0.1) is 6.92 Å². The van der Waals surface area contributed by atoms with Crippen molar-refractivity contribution < 1.29 is 4.74 Å². The van der Waals surface area contributed by atoms with Gasteiger partial charge < -0.3 is 10.5 Å². The first-order valence-corrected chi connectivity index (χ1v) is 8.68. The Labute approximate surface area is 142 Å². The minimum atomic E-state index is -0.186. The Hall–Kier alpha value is -2.36. The summed E-state index contributed by atoms with van der Waals surface area (Å²) in [5.74, 6) is 0. The highest BCUT2D eigenvalue weighted by Crippen LogP contribution is 2.42. The van der Waals surface area contributed by atoms with Gasteiger partial charge in [0.2, 0.25) is 0 Å². The maximum atomic E-state index is 5.89. The molecule has 1 spiro atoms.